The number of esters is 1. The van der Waals surface area contributed by atoms with Crippen LogP contribution in [-0.2, 0) is 19.1 Å². The van der Waals surface area contributed by atoms with Crippen molar-refractivity contribution in [2.75, 3.05) is 18.1 Å². The van der Waals surface area contributed by atoms with Gasteiger partial charge in [0.25, 0.3) is 0 Å². The van der Waals surface area contributed by atoms with Crippen LogP contribution in [0.2, 0.25) is 0 Å². The standard InChI is InChI=1S/C18H28O4S2/c1-7-21-13-11-14(23-8-2)12(10-15(19)24-9-3)16(13)17(20)22-18(4,5)6/h11-12H,7-10H2,1-6H3. The number of carbonyl (C=O) groups excluding carboxylic acids is 2. The van der Waals surface area contributed by atoms with Gasteiger partial charge < -0.3 is 9.47 Å². The van der Waals surface area contributed by atoms with Gasteiger partial charge in [0.2, 0.25) is 0 Å². The fourth-order valence-electron chi connectivity index (χ4n) is 2.37. The highest BCUT2D eigenvalue weighted by Crippen LogP contribution is 2.42. The molecule has 6 heteroatoms. The van der Waals surface area contributed by atoms with Gasteiger partial charge in [0.05, 0.1) is 12.2 Å². The van der Waals surface area contributed by atoms with Crippen LogP contribution in [0, 0.1) is 5.92 Å². The van der Waals surface area contributed by atoms with Crippen molar-refractivity contribution in [1.29, 1.82) is 0 Å². The van der Waals surface area contributed by atoms with Crippen molar-refractivity contribution < 1.29 is 19.1 Å². The van der Waals surface area contributed by atoms with Crippen molar-refractivity contribution in [3.8, 4) is 0 Å². The van der Waals surface area contributed by atoms with Gasteiger partial charge >= 0.3 is 5.97 Å². The molecule has 0 aromatic rings. The maximum absolute atomic E-state index is 12.7. The molecule has 0 aromatic carbocycles. The van der Waals surface area contributed by atoms with Crippen LogP contribution in [0.1, 0.15) is 48.0 Å². The lowest BCUT2D eigenvalue weighted by molar-refractivity contribution is -0.150. The van der Waals surface area contributed by atoms with Crippen LogP contribution >= 0.6 is 23.5 Å². The number of rotatable bonds is 8. The minimum absolute atomic E-state index is 0.0870. The van der Waals surface area contributed by atoms with Crippen LogP contribution in [0.25, 0.3) is 0 Å². The molecular weight excluding hydrogens is 344 g/mol. The van der Waals surface area contributed by atoms with Crippen LogP contribution in [0.3, 0.4) is 0 Å². The van der Waals surface area contributed by atoms with Gasteiger partial charge in [0, 0.05) is 12.3 Å². The minimum atomic E-state index is -0.589. The summed E-state index contributed by atoms with van der Waals surface area (Å²) in [5.74, 6) is 1.49. The molecule has 0 aromatic heterocycles. The van der Waals surface area contributed by atoms with E-state index in [1.807, 2.05) is 40.7 Å². The van der Waals surface area contributed by atoms with Gasteiger partial charge in [0.1, 0.15) is 11.4 Å². The molecule has 0 heterocycles. The van der Waals surface area contributed by atoms with E-state index in [-0.39, 0.29) is 11.0 Å². The van der Waals surface area contributed by atoms with Crippen LogP contribution in [-0.4, -0.2) is 34.8 Å². The molecule has 0 spiro atoms. The van der Waals surface area contributed by atoms with Crippen molar-refractivity contribution in [1.82, 2.24) is 0 Å². The highest BCUT2D eigenvalue weighted by Gasteiger charge is 2.37. The Hall–Kier alpha value is -0.880. The third-order valence-electron chi connectivity index (χ3n) is 3.14. The Bertz CT molecular complexity index is 530. The van der Waals surface area contributed by atoms with E-state index in [1.165, 1.54) is 11.8 Å². The third-order valence-corrected chi connectivity index (χ3v) is 4.94. The van der Waals surface area contributed by atoms with Crippen molar-refractivity contribution in [3.05, 3.63) is 22.3 Å². The Balaban J connectivity index is 3.15. The molecule has 0 fully saturated rings. The molecule has 0 bridgehead atoms. The quantitative estimate of drug-likeness (QED) is 0.582. The van der Waals surface area contributed by atoms with Crippen LogP contribution in [0.4, 0.5) is 0 Å². The van der Waals surface area contributed by atoms with Gasteiger partial charge in [-0.3, -0.25) is 4.79 Å². The molecule has 1 atom stereocenters. The van der Waals surface area contributed by atoms with Crippen molar-refractivity contribution >= 4 is 34.6 Å². The molecule has 0 aliphatic heterocycles. The van der Waals surface area contributed by atoms with E-state index >= 15 is 0 Å². The first kappa shape index (κ1) is 21.2. The molecule has 4 nitrogen and oxygen atoms in total. The summed E-state index contributed by atoms with van der Waals surface area (Å²) in [6.45, 7) is 11.9. The summed E-state index contributed by atoms with van der Waals surface area (Å²) < 4.78 is 11.2. The largest absolute Gasteiger partial charge is 0.493 e. The summed E-state index contributed by atoms with van der Waals surface area (Å²) in [4.78, 5) is 25.9. The Morgan fingerprint density at radius 3 is 2.33 bits per heavy atom. The zero-order valence-electron chi connectivity index (χ0n) is 15.4. The molecule has 1 aliphatic rings. The molecular formula is C18H28O4S2. The predicted octanol–water partition coefficient (Wildman–Crippen LogP) is 4.56. The normalized spacial score (nSPS) is 17.8. The number of hydrogen-bond acceptors (Lipinski definition) is 6. The lowest BCUT2D eigenvalue weighted by atomic mass is 9.98. The zero-order chi connectivity index (χ0) is 18.3. The second-order valence-corrected chi connectivity index (χ2v) is 8.91. The highest BCUT2D eigenvalue weighted by atomic mass is 32.2. The number of hydrogen-bond donors (Lipinski definition) is 0. The topological polar surface area (TPSA) is 52.6 Å². The van der Waals surface area contributed by atoms with Gasteiger partial charge in [-0.25, -0.2) is 4.79 Å². The van der Waals surface area contributed by atoms with E-state index < -0.39 is 11.6 Å². The predicted molar refractivity (Wildman–Crippen MR) is 102 cm³/mol. The summed E-state index contributed by atoms with van der Waals surface area (Å²) in [6, 6.07) is 0. The number of carbonyl (C=O) groups is 2. The average Bonchev–Trinajstić information content (AvgIpc) is 2.76. The van der Waals surface area contributed by atoms with Gasteiger partial charge in [-0.15, -0.1) is 11.8 Å². The number of ether oxygens (including phenoxy) is 2. The fraction of sp³-hybridized carbons (Fsp3) is 0.667. The Morgan fingerprint density at radius 2 is 1.83 bits per heavy atom. The SMILES string of the molecule is CCOC1=C(C(=O)OC(C)(C)C)C(CC(=O)SCC)C(SCC)=C1. The van der Waals surface area contributed by atoms with E-state index in [0.29, 0.717) is 24.4 Å². The zero-order valence-corrected chi connectivity index (χ0v) is 17.1. The highest BCUT2D eigenvalue weighted by molar-refractivity contribution is 8.13. The van der Waals surface area contributed by atoms with E-state index in [4.69, 9.17) is 9.47 Å². The summed E-state index contributed by atoms with van der Waals surface area (Å²) in [5.41, 5.74) is -0.109. The molecule has 0 saturated heterocycles. The minimum Gasteiger partial charge on any atom is -0.493 e. The second-order valence-electron chi connectivity index (χ2n) is 6.25. The summed E-state index contributed by atoms with van der Waals surface area (Å²) in [7, 11) is 0. The van der Waals surface area contributed by atoms with Crippen molar-refractivity contribution in [3.63, 3.8) is 0 Å². The first-order chi connectivity index (χ1) is 11.2. The maximum atomic E-state index is 12.7. The lowest BCUT2D eigenvalue weighted by Crippen LogP contribution is -2.27. The van der Waals surface area contributed by atoms with Crippen LogP contribution in [0.5, 0.6) is 0 Å². The third kappa shape index (κ3) is 6.20. The molecule has 0 saturated carbocycles. The Labute approximate surface area is 153 Å². The maximum Gasteiger partial charge on any atom is 0.338 e. The second kappa shape index (κ2) is 9.56. The van der Waals surface area contributed by atoms with Gasteiger partial charge in [-0.2, -0.15) is 0 Å². The summed E-state index contributed by atoms with van der Waals surface area (Å²) in [5, 5.41) is 0.0870. The molecule has 136 valence electrons. The van der Waals surface area contributed by atoms with E-state index in [9.17, 15) is 9.59 Å². The van der Waals surface area contributed by atoms with Gasteiger partial charge in [-0.1, -0.05) is 25.6 Å². The van der Waals surface area contributed by atoms with Crippen LogP contribution in [0.15, 0.2) is 22.3 Å². The lowest BCUT2D eigenvalue weighted by Gasteiger charge is -2.23. The fourth-order valence-corrected chi connectivity index (χ4v) is 3.90. The van der Waals surface area contributed by atoms with Gasteiger partial charge in [-0.05, 0) is 50.2 Å². The average molecular weight is 373 g/mol. The molecule has 1 rings (SSSR count). The van der Waals surface area contributed by atoms with Crippen molar-refractivity contribution in [2.24, 2.45) is 5.92 Å². The first-order valence-electron chi connectivity index (χ1n) is 8.33. The number of allylic oxidation sites excluding steroid dienone is 2. The molecule has 0 radical (unpaired) electrons. The first-order valence-corrected chi connectivity index (χ1v) is 10.3. The van der Waals surface area contributed by atoms with E-state index in [0.717, 1.165) is 16.4 Å². The van der Waals surface area contributed by atoms with Gasteiger partial charge in [0.15, 0.2) is 5.12 Å². The number of thioether (sulfide) groups is 2. The molecule has 1 unspecified atom stereocenters. The molecule has 0 N–H and O–H groups in total. The van der Waals surface area contributed by atoms with Crippen molar-refractivity contribution in [2.45, 2.75) is 53.6 Å². The Morgan fingerprint density at radius 1 is 1.17 bits per heavy atom. The van der Waals surface area contributed by atoms with Crippen LogP contribution < -0.4 is 0 Å². The summed E-state index contributed by atoms with van der Waals surface area (Å²) >= 11 is 2.93. The van der Waals surface area contributed by atoms with E-state index in [1.54, 1.807) is 11.8 Å². The monoisotopic (exact) mass is 372 g/mol. The molecule has 0 amide bonds. The smallest absolute Gasteiger partial charge is 0.338 e. The molecule has 1 aliphatic carbocycles. The Kier molecular flexibility index (Phi) is 8.43. The van der Waals surface area contributed by atoms with E-state index in [2.05, 4.69) is 6.92 Å². The molecule has 24 heavy (non-hydrogen) atoms. The summed E-state index contributed by atoms with van der Waals surface area (Å²) in [6.07, 6.45) is 2.19.